The van der Waals surface area contributed by atoms with Gasteiger partial charge in [0.05, 0.1) is 22.5 Å². The highest BCUT2D eigenvalue weighted by molar-refractivity contribution is 6.10. The normalized spacial score (nSPS) is 15.2. The number of para-hydroxylation sites is 4. The molecule has 2 heterocycles. The Morgan fingerprint density at radius 3 is 1.29 bits per heavy atom. The summed E-state index contributed by atoms with van der Waals surface area (Å²) in [4.78, 5) is 0. The predicted octanol–water partition coefficient (Wildman–Crippen LogP) is 15.5. The molecule has 0 fully saturated rings. The molecule has 0 saturated carbocycles. The Balaban J connectivity index is 0.858. The van der Waals surface area contributed by atoms with Gasteiger partial charge in [0.15, 0.2) is 0 Å². The van der Waals surface area contributed by atoms with Crippen LogP contribution in [0.25, 0.3) is 77.1 Å². The molecule has 2 nitrogen and oxygen atoms in total. The van der Waals surface area contributed by atoms with Gasteiger partial charge in [0, 0.05) is 38.3 Å². The van der Waals surface area contributed by atoms with E-state index in [0.29, 0.717) is 0 Å². The summed E-state index contributed by atoms with van der Waals surface area (Å²) in [5, 5.41) is 5.18. The van der Waals surface area contributed by atoms with Gasteiger partial charge in [-0.2, -0.15) is 0 Å². The van der Waals surface area contributed by atoms with Gasteiger partial charge in [-0.3, -0.25) is 0 Å². The molecule has 1 atom stereocenters. The van der Waals surface area contributed by atoms with E-state index in [1.54, 1.807) is 0 Å². The lowest BCUT2D eigenvalue weighted by Crippen LogP contribution is -2.28. The fourth-order valence-electron chi connectivity index (χ4n) is 11.2. The summed E-state index contributed by atoms with van der Waals surface area (Å²) in [5.41, 5.74) is 18.4. The summed E-state index contributed by atoms with van der Waals surface area (Å²) in [7, 11) is 0. The van der Waals surface area contributed by atoms with Crippen LogP contribution in [0, 0.1) is 0 Å². The lowest BCUT2D eigenvalue weighted by molar-refractivity contribution is 0.649. The van der Waals surface area contributed by atoms with E-state index in [4.69, 9.17) is 0 Å². The SMILES string of the molecule is C1=CC(n2c3ccccc3c3ccccc32)CC=C1c1ccc(C2(c3ccc(-c4ccc(-n5c6ccccc6c6ccccc65)cc4)cc3)c3ccccc3-c3ccccc32)cc1. The van der Waals surface area contributed by atoms with Crippen molar-refractivity contribution in [2.75, 3.05) is 0 Å². The van der Waals surface area contributed by atoms with Crippen molar-refractivity contribution in [1.29, 1.82) is 0 Å². The van der Waals surface area contributed by atoms with Gasteiger partial charge in [-0.05, 0) is 98.5 Å². The van der Waals surface area contributed by atoms with Crippen LogP contribution in [-0.4, -0.2) is 9.13 Å². The molecule has 296 valence electrons. The summed E-state index contributed by atoms with van der Waals surface area (Å²) in [6.07, 6.45) is 8.09. The highest BCUT2D eigenvalue weighted by Gasteiger charge is 2.45. The maximum absolute atomic E-state index is 2.52. The van der Waals surface area contributed by atoms with Crippen LogP contribution in [0.2, 0.25) is 0 Å². The molecule has 0 N–H and O–H groups in total. The van der Waals surface area contributed by atoms with Crippen molar-refractivity contribution in [3.8, 4) is 27.9 Å². The Labute approximate surface area is 367 Å². The lowest BCUT2D eigenvalue weighted by Gasteiger charge is -2.34. The number of hydrogen-bond acceptors (Lipinski definition) is 0. The summed E-state index contributed by atoms with van der Waals surface area (Å²) in [6.45, 7) is 0. The molecular formula is C61H42N2. The molecule has 63 heavy (non-hydrogen) atoms. The molecular weight excluding hydrogens is 761 g/mol. The van der Waals surface area contributed by atoms with Crippen molar-refractivity contribution in [1.82, 2.24) is 9.13 Å². The van der Waals surface area contributed by atoms with Crippen LogP contribution < -0.4 is 0 Å². The molecule has 0 aliphatic heterocycles. The maximum Gasteiger partial charge on any atom is 0.0713 e. The molecule has 0 amide bonds. The number of fused-ring (bicyclic) bond motifs is 9. The fraction of sp³-hybridized carbons (Fsp3) is 0.0492. The smallest absolute Gasteiger partial charge is 0.0713 e. The molecule has 2 aromatic heterocycles. The standard InChI is InChI=1S/C61H42N2/c1-7-19-55-49(13-1)50-14-2-8-20-56(50)61(55,45-33-25-41(26-34-45)43-29-37-47(38-30-43)62-57-21-9-3-15-51(57)52-16-4-10-22-58(52)62)46-35-27-42(28-36-46)44-31-39-48(40-32-44)63-59-23-11-5-17-53(59)54-18-6-12-24-60(54)63/h1-39,48H,40H2. The Morgan fingerprint density at radius 1 is 0.381 bits per heavy atom. The Bertz CT molecular complexity index is 3480. The van der Waals surface area contributed by atoms with Gasteiger partial charge in [0.1, 0.15) is 0 Å². The Kier molecular flexibility index (Phi) is 7.98. The van der Waals surface area contributed by atoms with Crippen LogP contribution in [0.1, 0.15) is 40.3 Å². The van der Waals surface area contributed by atoms with Crippen LogP contribution in [-0.2, 0) is 5.41 Å². The number of allylic oxidation sites excluding steroid dienone is 4. The molecule has 2 aliphatic rings. The third-order valence-corrected chi connectivity index (χ3v) is 14.0. The maximum atomic E-state index is 2.52. The van der Waals surface area contributed by atoms with Crippen molar-refractivity contribution >= 4 is 49.2 Å². The first-order valence-electron chi connectivity index (χ1n) is 22.1. The van der Waals surface area contributed by atoms with Crippen LogP contribution in [0.4, 0.5) is 0 Å². The number of benzene rings is 9. The van der Waals surface area contributed by atoms with Crippen LogP contribution in [0.3, 0.4) is 0 Å². The summed E-state index contributed by atoms with van der Waals surface area (Å²) >= 11 is 0. The zero-order chi connectivity index (χ0) is 41.5. The molecule has 0 spiro atoms. The average Bonchev–Trinajstić information content (AvgIpc) is 3.99. The molecule has 0 radical (unpaired) electrons. The van der Waals surface area contributed by atoms with Gasteiger partial charge in [-0.1, -0.05) is 200 Å². The van der Waals surface area contributed by atoms with Gasteiger partial charge in [0.25, 0.3) is 0 Å². The van der Waals surface area contributed by atoms with Crippen molar-refractivity contribution in [3.63, 3.8) is 0 Å². The molecule has 11 aromatic rings. The van der Waals surface area contributed by atoms with E-state index >= 15 is 0 Å². The monoisotopic (exact) mass is 802 g/mol. The second kappa shape index (κ2) is 14.1. The number of rotatable bonds is 6. The minimum Gasteiger partial charge on any atom is -0.333 e. The molecule has 9 aromatic carbocycles. The van der Waals surface area contributed by atoms with Crippen LogP contribution in [0.15, 0.2) is 237 Å². The van der Waals surface area contributed by atoms with E-state index < -0.39 is 5.41 Å². The van der Waals surface area contributed by atoms with Crippen LogP contribution in [0.5, 0.6) is 0 Å². The molecule has 2 heteroatoms. The van der Waals surface area contributed by atoms with Crippen molar-refractivity contribution in [3.05, 3.63) is 264 Å². The average molecular weight is 803 g/mol. The highest BCUT2D eigenvalue weighted by atomic mass is 15.0. The van der Waals surface area contributed by atoms with E-state index in [2.05, 4.69) is 246 Å². The fourth-order valence-corrected chi connectivity index (χ4v) is 11.2. The first-order chi connectivity index (χ1) is 31.3. The van der Waals surface area contributed by atoms with E-state index in [9.17, 15) is 0 Å². The molecule has 0 saturated heterocycles. The largest absolute Gasteiger partial charge is 0.333 e. The summed E-state index contributed by atoms with van der Waals surface area (Å²) < 4.78 is 4.90. The Hall–Kier alpha value is -7.94. The van der Waals surface area contributed by atoms with E-state index in [1.165, 1.54) is 99.3 Å². The topological polar surface area (TPSA) is 9.86 Å². The first-order valence-corrected chi connectivity index (χ1v) is 22.1. The van der Waals surface area contributed by atoms with Crippen molar-refractivity contribution in [2.45, 2.75) is 17.9 Å². The van der Waals surface area contributed by atoms with E-state index in [-0.39, 0.29) is 6.04 Å². The zero-order valence-electron chi connectivity index (χ0n) is 34.7. The van der Waals surface area contributed by atoms with Crippen LogP contribution >= 0.6 is 0 Å². The second-order valence-electron chi connectivity index (χ2n) is 17.1. The number of aromatic nitrogens is 2. The third kappa shape index (κ3) is 5.31. The lowest BCUT2D eigenvalue weighted by atomic mass is 9.67. The molecule has 13 rings (SSSR count). The quantitative estimate of drug-likeness (QED) is 0.158. The molecule has 2 aliphatic carbocycles. The predicted molar refractivity (Wildman–Crippen MR) is 264 cm³/mol. The summed E-state index contributed by atoms with van der Waals surface area (Å²) in [5.74, 6) is 0. The van der Waals surface area contributed by atoms with Gasteiger partial charge < -0.3 is 9.13 Å². The number of hydrogen-bond donors (Lipinski definition) is 0. The number of nitrogens with zero attached hydrogens (tertiary/aromatic N) is 2. The van der Waals surface area contributed by atoms with Gasteiger partial charge in [-0.25, -0.2) is 0 Å². The third-order valence-electron chi connectivity index (χ3n) is 14.0. The minimum atomic E-state index is -0.469. The van der Waals surface area contributed by atoms with Crippen molar-refractivity contribution in [2.24, 2.45) is 0 Å². The van der Waals surface area contributed by atoms with Crippen molar-refractivity contribution < 1.29 is 0 Å². The molecule has 1 unspecified atom stereocenters. The zero-order valence-corrected chi connectivity index (χ0v) is 34.7. The highest BCUT2D eigenvalue weighted by Crippen LogP contribution is 2.56. The van der Waals surface area contributed by atoms with Gasteiger partial charge >= 0.3 is 0 Å². The van der Waals surface area contributed by atoms with E-state index in [1.807, 2.05) is 0 Å². The van der Waals surface area contributed by atoms with Gasteiger partial charge in [-0.15, -0.1) is 0 Å². The van der Waals surface area contributed by atoms with Gasteiger partial charge in [0.2, 0.25) is 0 Å². The minimum absolute atomic E-state index is 0.258. The Morgan fingerprint density at radius 2 is 0.794 bits per heavy atom. The van der Waals surface area contributed by atoms with E-state index in [0.717, 1.165) is 12.1 Å². The molecule has 0 bridgehead atoms. The second-order valence-corrected chi connectivity index (χ2v) is 17.1. The summed E-state index contributed by atoms with van der Waals surface area (Å²) in [6, 6.07) is 81.1. The first kappa shape index (κ1) is 35.8.